The zero-order valence-corrected chi connectivity index (χ0v) is 15.3. The number of rotatable bonds is 4. The number of fused-ring (bicyclic) bond motifs is 1. The molecule has 1 saturated carbocycles. The molecule has 2 atom stereocenters. The smallest absolute Gasteiger partial charge is 0.210 e. The van der Waals surface area contributed by atoms with Crippen LogP contribution in [-0.2, 0) is 4.79 Å². The number of hydrogen-bond donors (Lipinski definition) is 0. The lowest BCUT2D eigenvalue weighted by Gasteiger charge is -2.43. The molecule has 0 aromatic heterocycles. The summed E-state index contributed by atoms with van der Waals surface area (Å²) in [5.41, 5.74) is 2.80. The SMILES string of the molecule is O=CN1CC(Sc2ccccc2)c2ccccc2C1C1CCCCC1. The summed E-state index contributed by atoms with van der Waals surface area (Å²) in [4.78, 5) is 15.3. The normalized spacial score (nSPS) is 23.9. The molecule has 1 aliphatic carbocycles. The molecule has 2 aliphatic rings. The minimum absolute atomic E-state index is 0.265. The van der Waals surface area contributed by atoms with Gasteiger partial charge in [0.25, 0.3) is 0 Å². The lowest BCUT2D eigenvalue weighted by Crippen LogP contribution is -2.40. The van der Waals surface area contributed by atoms with Gasteiger partial charge in [-0.05, 0) is 42.0 Å². The summed E-state index contributed by atoms with van der Waals surface area (Å²) in [7, 11) is 0. The van der Waals surface area contributed by atoms with Crippen molar-refractivity contribution in [2.75, 3.05) is 6.54 Å². The Kier molecular flexibility index (Phi) is 5.12. The monoisotopic (exact) mass is 351 g/mol. The molecule has 1 amide bonds. The Bertz CT molecular complexity index is 711. The molecule has 1 heterocycles. The van der Waals surface area contributed by atoms with Crippen molar-refractivity contribution in [2.45, 2.75) is 48.3 Å². The van der Waals surface area contributed by atoms with Crippen LogP contribution in [0.5, 0.6) is 0 Å². The van der Waals surface area contributed by atoms with E-state index >= 15 is 0 Å². The predicted molar refractivity (Wildman–Crippen MR) is 104 cm³/mol. The van der Waals surface area contributed by atoms with Crippen LogP contribution in [0, 0.1) is 5.92 Å². The number of thioether (sulfide) groups is 1. The van der Waals surface area contributed by atoms with E-state index < -0.39 is 0 Å². The molecule has 0 bridgehead atoms. The van der Waals surface area contributed by atoms with Gasteiger partial charge < -0.3 is 4.90 Å². The van der Waals surface area contributed by atoms with E-state index in [2.05, 4.69) is 59.5 Å². The number of carbonyl (C=O) groups excluding carboxylic acids is 1. The molecule has 1 aliphatic heterocycles. The predicted octanol–water partition coefficient (Wildman–Crippen LogP) is 5.61. The van der Waals surface area contributed by atoms with Crippen LogP contribution < -0.4 is 0 Å². The molecule has 130 valence electrons. The number of benzene rings is 2. The molecule has 0 saturated heterocycles. The maximum Gasteiger partial charge on any atom is 0.210 e. The van der Waals surface area contributed by atoms with Gasteiger partial charge in [0, 0.05) is 11.4 Å². The molecule has 4 rings (SSSR count). The van der Waals surface area contributed by atoms with Gasteiger partial charge in [0.05, 0.1) is 11.3 Å². The summed E-state index contributed by atoms with van der Waals surface area (Å²) in [5, 5.41) is 0.309. The molecule has 2 unspecified atom stereocenters. The molecular formula is C22H25NOS. The summed E-state index contributed by atoms with van der Waals surface area (Å²) in [6, 6.07) is 19.6. The van der Waals surface area contributed by atoms with E-state index in [0.29, 0.717) is 11.2 Å². The maximum atomic E-state index is 11.9. The second-order valence-electron chi connectivity index (χ2n) is 7.19. The van der Waals surface area contributed by atoms with Crippen LogP contribution in [0.15, 0.2) is 59.5 Å². The lowest BCUT2D eigenvalue weighted by atomic mass is 9.77. The third-order valence-electron chi connectivity index (χ3n) is 5.65. The van der Waals surface area contributed by atoms with E-state index in [-0.39, 0.29) is 6.04 Å². The van der Waals surface area contributed by atoms with E-state index in [9.17, 15) is 4.79 Å². The average Bonchev–Trinajstić information content (AvgIpc) is 2.69. The van der Waals surface area contributed by atoms with Gasteiger partial charge >= 0.3 is 0 Å². The van der Waals surface area contributed by atoms with Gasteiger partial charge in [-0.15, -0.1) is 11.8 Å². The van der Waals surface area contributed by atoms with Gasteiger partial charge in [-0.3, -0.25) is 4.79 Å². The van der Waals surface area contributed by atoms with Gasteiger partial charge in [-0.1, -0.05) is 61.7 Å². The highest BCUT2D eigenvalue weighted by atomic mass is 32.2. The lowest BCUT2D eigenvalue weighted by molar-refractivity contribution is -0.122. The standard InChI is InChI=1S/C22H25NOS/c24-16-23-15-21(25-18-11-5-2-6-12-18)19-13-7-8-14-20(19)22(23)17-9-3-1-4-10-17/h2,5-8,11-14,16-17,21-22H,1,3-4,9-10,15H2. The van der Waals surface area contributed by atoms with Gasteiger partial charge in [0.1, 0.15) is 0 Å². The van der Waals surface area contributed by atoms with Crippen molar-refractivity contribution >= 4 is 18.2 Å². The van der Waals surface area contributed by atoms with Crippen molar-refractivity contribution in [2.24, 2.45) is 5.92 Å². The molecule has 0 N–H and O–H groups in total. The highest BCUT2D eigenvalue weighted by Crippen LogP contribution is 2.48. The first-order valence-electron chi connectivity index (χ1n) is 9.38. The second-order valence-corrected chi connectivity index (χ2v) is 8.47. The zero-order valence-electron chi connectivity index (χ0n) is 14.5. The number of carbonyl (C=O) groups is 1. The Morgan fingerprint density at radius 3 is 2.28 bits per heavy atom. The van der Waals surface area contributed by atoms with Gasteiger partial charge in [-0.25, -0.2) is 0 Å². The van der Waals surface area contributed by atoms with Crippen LogP contribution in [0.4, 0.5) is 0 Å². The topological polar surface area (TPSA) is 20.3 Å². The van der Waals surface area contributed by atoms with Crippen LogP contribution in [0.2, 0.25) is 0 Å². The average molecular weight is 352 g/mol. The zero-order chi connectivity index (χ0) is 17.1. The molecule has 3 heteroatoms. The van der Waals surface area contributed by atoms with Crippen LogP contribution >= 0.6 is 11.8 Å². The number of amides is 1. The van der Waals surface area contributed by atoms with Crippen molar-refractivity contribution in [1.82, 2.24) is 4.90 Å². The quantitative estimate of drug-likeness (QED) is 0.667. The summed E-state index contributed by atoms with van der Waals surface area (Å²) in [6.07, 6.45) is 7.54. The minimum atomic E-state index is 0.265. The Labute approximate surface area is 154 Å². The molecule has 1 fully saturated rings. The third kappa shape index (κ3) is 3.48. The van der Waals surface area contributed by atoms with E-state index in [0.717, 1.165) is 13.0 Å². The molecule has 25 heavy (non-hydrogen) atoms. The van der Waals surface area contributed by atoms with Crippen molar-refractivity contribution in [3.8, 4) is 0 Å². The van der Waals surface area contributed by atoms with E-state index in [1.807, 2.05) is 11.8 Å². The van der Waals surface area contributed by atoms with E-state index in [1.54, 1.807) is 0 Å². The summed E-state index contributed by atoms with van der Waals surface area (Å²) < 4.78 is 0. The fourth-order valence-electron chi connectivity index (χ4n) is 4.50. The molecule has 0 spiro atoms. The Morgan fingerprint density at radius 2 is 1.56 bits per heavy atom. The van der Waals surface area contributed by atoms with Crippen molar-refractivity contribution < 1.29 is 4.79 Å². The van der Waals surface area contributed by atoms with Crippen molar-refractivity contribution in [3.63, 3.8) is 0 Å². The number of nitrogens with zero attached hydrogens (tertiary/aromatic N) is 1. The highest BCUT2D eigenvalue weighted by Gasteiger charge is 2.37. The first kappa shape index (κ1) is 16.7. The summed E-state index contributed by atoms with van der Waals surface area (Å²) in [6.45, 7) is 0.807. The second kappa shape index (κ2) is 7.65. The van der Waals surface area contributed by atoms with Crippen LogP contribution in [0.1, 0.15) is 54.5 Å². The van der Waals surface area contributed by atoms with Crippen molar-refractivity contribution in [1.29, 1.82) is 0 Å². The summed E-state index contributed by atoms with van der Waals surface area (Å²) >= 11 is 1.87. The van der Waals surface area contributed by atoms with Crippen LogP contribution in [0.3, 0.4) is 0 Å². The van der Waals surface area contributed by atoms with Gasteiger partial charge in [0.15, 0.2) is 0 Å². The Balaban J connectivity index is 1.68. The first-order chi connectivity index (χ1) is 12.4. The fraction of sp³-hybridized carbons (Fsp3) is 0.409. The summed E-state index contributed by atoms with van der Waals surface area (Å²) in [5.74, 6) is 0.614. The van der Waals surface area contributed by atoms with E-state index in [1.165, 1.54) is 48.1 Å². The highest BCUT2D eigenvalue weighted by molar-refractivity contribution is 7.99. The minimum Gasteiger partial charge on any atom is -0.336 e. The van der Waals surface area contributed by atoms with Crippen LogP contribution in [0.25, 0.3) is 0 Å². The first-order valence-corrected chi connectivity index (χ1v) is 10.3. The van der Waals surface area contributed by atoms with E-state index in [4.69, 9.17) is 0 Å². The number of hydrogen-bond acceptors (Lipinski definition) is 2. The molecule has 0 radical (unpaired) electrons. The van der Waals surface area contributed by atoms with Gasteiger partial charge in [-0.2, -0.15) is 0 Å². The molecular weight excluding hydrogens is 326 g/mol. The maximum absolute atomic E-state index is 11.9. The van der Waals surface area contributed by atoms with Crippen molar-refractivity contribution in [3.05, 3.63) is 65.7 Å². The Morgan fingerprint density at radius 1 is 0.880 bits per heavy atom. The largest absolute Gasteiger partial charge is 0.336 e. The molecule has 2 aromatic rings. The molecule has 2 aromatic carbocycles. The third-order valence-corrected chi connectivity index (χ3v) is 6.88. The fourth-order valence-corrected chi connectivity index (χ4v) is 5.73. The van der Waals surface area contributed by atoms with Crippen LogP contribution in [-0.4, -0.2) is 17.9 Å². The Hall–Kier alpha value is -1.74. The van der Waals surface area contributed by atoms with Gasteiger partial charge in [0.2, 0.25) is 6.41 Å². The molecule has 2 nitrogen and oxygen atoms in total.